The highest BCUT2D eigenvalue weighted by atomic mass is 35.5. The highest BCUT2D eigenvalue weighted by Crippen LogP contribution is 2.15. The predicted octanol–water partition coefficient (Wildman–Crippen LogP) is 5.92. The lowest BCUT2D eigenvalue weighted by Crippen LogP contribution is -1.96. The molecule has 4 heteroatoms. The van der Waals surface area contributed by atoms with Crippen molar-refractivity contribution in [2.75, 3.05) is 0 Å². The predicted molar refractivity (Wildman–Crippen MR) is 98.5 cm³/mol. The third kappa shape index (κ3) is 5.28. The van der Waals surface area contributed by atoms with Crippen LogP contribution in [0.2, 0.25) is 0 Å². The second-order valence-electron chi connectivity index (χ2n) is 4.47. The van der Waals surface area contributed by atoms with Gasteiger partial charge in [-0.2, -0.15) is 0 Å². The Hall–Kier alpha value is -1.64. The van der Waals surface area contributed by atoms with E-state index in [2.05, 4.69) is 10.2 Å². The summed E-state index contributed by atoms with van der Waals surface area (Å²) in [6.45, 7) is 7.99. The van der Waals surface area contributed by atoms with Crippen LogP contribution < -0.4 is 0 Å². The molecule has 2 aromatic carbocycles. The number of halogens is 2. The second-order valence-corrected chi connectivity index (χ2v) is 5.18. The van der Waals surface area contributed by atoms with Crippen molar-refractivity contribution in [2.45, 2.75) is 27.7 Å². The first-order valence-corrected chi connectivity index (χ1v) is 7.93. The maximum Gasteiger partial charge on any atom is 0.159 e. The van der Waals surface area contributed by atoms with Gasteiger partial charge in [-0.25, -0.2) is 0 Å². The molecule has 2 nitrogen and oxygen atoms in total. The van der Waals surface area contributed by atoms with Crippen LogP contribution in [0, 0.1) is 13.8 Å². The molecule has 0 aromatic heterocycles. The maximum absolute atomic E-state index is 6.20. The number of benzene rings is 2. The first-order chi connectivity index (χ1) is 10.6. The summed E-state index contributed by atoms with van der Waals surface area (Å²) in [5.41, 5.74) is 3.85. The standard InChI is InChI=1S/C16H14Cl2N2.C2H6/c1-11-8-9-12(2)14(10-11)16(18)20-19-15(17)13-6-4-3-5-7-13;1-2/h3-10H,1-2H3;1-2H3/b19-15-,20-16-;. The Morgan fingerprint density at radius 3 is 2.05 bits per heavy atom. The van der Waals surface area contributed by atoms with Gasteiger partial charge in [0, 0.05) is 11.1 Å². The van der Waals surface area contributed by atoms with Crippen LogP contribution in [0.5, 0.6) is 0 Å². The molecule has 0 atom stereocenters. The van der Waals surface area contributed by atoms with Gasteiger partial charge in [-0.15, -0.1) is 10.2 Å². The Balaban J connectivity index is 0.00000116. The average molecular weight is 335 g/mol. The van der Waals surface area contributed by atoms with E-state index in [1.165, 1.54) is 0 Å². The Kier molecular flexibility index (Phi) is 7.86. The molecule has 0 unspecified atom stereocenters. The zero-order valence-electron chi connectivity index (χ0n) is 13.3. The van der Waals surface area contributed by atoms with Gasteiger partial charge in [0.15, 0.2) is 10.3 Å². The summed E-state index contributed by atoms with van der Waals surface area (Å²) in [6.07, 6.45) is 0. The molecule has 2 aromatic rings. The maximum atomic E-state index is 6.20. The molecule has 0 aliphatic carbocycles. The Bertz CT molecular complexity index is 662. The lowest BCUT2D eigenvalue weighted by Gasteiger charge is -2.03. The largest absolute Gasteiger partial charge is 0.159 e. The molecule has 0 radical (unpaired) electrons. The Morgan fingerprint density at radius 2 is 1.41 bits per heavy atom. The summed E-state index contributed by atoms with van der Waals surface area (Å²) in [5.74, 6) is 0. The molecule has 0 spiro atoms. The molecular weight excluding hydrogens is 315 g/mol. The minimum Gasteiger partial charge on any atom is -0.136 e. The van der Waals surface area contributed by atoms with E-state index in [4.69, 9.17) is 23.2 Å². The fraction of sp³-hybridized carbons (Fsp3) is 0.222. The number of nitrogens with zero attached hydrogens (tertiary/aromatic N) is 2. The minimum atomic E-state index is 0.314. The fourth-order valence-corrected chi connectivity index (χ4v) is 2.14. The third-order valence-corrected chi connectivity index (χ3v) is 3.43. The van der Waals surface area contributed by atoms with E-state index < -0.39 is 0 Å². The van der Waals surface area contributed by atoms with Crippen LogP contribution in [0.4, 0.5) is 0 Å². The monoisotopic (exact) mass is 334 g/mol. The van der Waals surface area contributed by atoms with Gasteiger partial charge in [-0.1, -0.05) is 85.1 Å². The van der Waals surface area contributed by atoms with Gasteiger partial charge < -0.3 is 0 Å². The molecule has 22 heavy (non-hydrogen) atoms. The molecule has 0 fully saturated rings. The summed E-state index contributed by atoms with van der Waals surface area (Å²) in [4.78, 5) is 0. The highest BCUT2D eigenvalue weighted by molar-refractivity contribution is 6.71. The van der Waals surface area contributed by atoms with E-state index in [-0.39, 0.29) is 0 Å². The molecule has 0 saturated heterocycles. The van der Waals surface area contributed by atoms with Gasteiger partial charge in [0.05, 0.1) is 0 Å². The fourth-order valence-electron chi connectivity index (χ4n) is 1.73. The van der Waals surface area contributed by atoms with Crippen LogP contribution in [0.3, 0.4) is 0 Å². The van der Waals surface area contributed by atoms with Crippen molar-refractivity contribution >= 4 is 33.5 Å². The molecule has 2 rings (SSSR count). The number of hydrogen-bond acceptors (Lipinski definition) is 2. The number of hydrogen-bond donors (Lipinski definition) is 0. The molecule has 0 aliphatic heterocycles. The van der Waals surface area contributed by atoms with Crippen LogP contribution in [-0.4, -0.2) is 10.3 Å². The van der Waals surface area contributed by atoms with Gasteiger partial charge >= 0.3 is 0 Å². The van der Waals surface area contributed by atoms with Crippen LogP contribution in [0.15, 0.2) is 58.7 Å². The Morgan fingerprint density at radius 1 is 0.818 bits per heavy atom. The third-order valence-electron chi connectivity index (χ3n) is 2.85. The van der Waals surface area contributed by atoms with Crippen LogP contribution in [0.1, 0.15) is 36.1 Å². The lowest BCUT2D eigenvalue weighted by atomic mass is 10.1. The molecule has 0 N–H and O–H groups in total. The summed E-state index contributed by atoms with van der Waals surface area (Å²) in [5, 5.41) is 8.64. The second kappa shape index (κ2) is 9.39. The van der Waals surface area contributed by atoms with Crippen molar-refractivity contribution in [2.24, 2.45) is 10.2 Å². The minimum absolute atomic E-state index is 0.314. The van der Waals surface area contributed by atoms with Crippen molar-refractivity contribution < 1.29 is 0 Å². The Labute approximate surface area is 142 Å². The zero-order valence-corrected chi connectivity index (χ0v) is 14.8. The van der Waals surface area contributed by atoms with Crippen molar-refractivity contribution in [3.05, 3.63) is 70.8 Å². The molecule has 0 heterocycles. The van der Waals surface area contributed by atoms with E-state index >= 15 is 0 Å². The molecule has 0 saturated carbocycles. The van der Waals surface area contributed by atoms with Crippen molar-refractivity contribution in [3.63, 3.8) is 0 Å². The van der Waals surface area contributed by atoms with Gasteiger partial charge in [0.25, 0.3) is 0 Å². The summed E-state index contributed by atoms with van der Waals surface area (Å²) in [6, 6.07) is 15.5. The van der Waals surface area contributed by atoms with E-state index in [9.17, 15) is 0 Å². The highest BCUT2D eigenvalue weighted by Gasteiger charge is 2.05. The number of rotatable bonds is 3. The SMILES string of the molecule is CC.Cc1ccc(C)c(/C(Cl)=N/N=C(\Cl)c2ccccc2)c1. The lowest BCUT2D eigenvalue weighted by molar-refractivity contribution is 1.25. The number of aryl methyl sites for hydroxylation is 2. The molecular formula is C18H20Cl2N2. The van der Waals surface area contributed by atoms with E-state index in [0.29, 0.717) is 10.3 Å². The quantitative estimate of drug-likeness (QED) is 0.492. The van der Waals surface area contributed by atoms with E-state index in [0.717, 1.165) is 22.3 Å². The molecule has 116 valence electrons. The molecule has 0 bridgehead atoms. The summed E-state index contributed by atoms with van der Waals surface area (Å²) < 4.78 is 0. The summed E-state index contributed by atoms with van der Waals surface area (Å²) in [7, 11) is 0. The van der Waals surface area contributed by atoms with Gasteiger partial charge in [0.2, 0.25) is 0 Å². The van der Waals surface area contributed by atoms with Gasteiger partial charge in [-0.3, -0.25) is 0 Å². The van der Waals surface area contributed by atoms with Crippen molar-refractivity contribution in [1.82, 2.24) is 0 Å². The van der Waals surface area contributed by atoms with E-state index in [1.54, 1.807) is 0 Å². The van der Waals surface area contributed by atoms with Gasteiger partial charge in [0.1, 0.15) is 0 Å². The first-order valence-electron chi connectivity index (χ1n) is 7.17. The van der Waals surface area contributed by atoms with Crippen LogP contribution in [0.25, 0.3) is 0 Å². The van der Waals surface area contributed by atoms with Crippen LogP contribution >= 0.6 is 23.2 Å². The first kappa shape index (κ1) is 18.4. The summed E-state index contributed by atoms with van der Waals surface area (Å²) >= 11 is 12.3. The van der Waals surface area contributed by atoms with Crippen molar-refractivity contribution in [3.8, 4) is 0 Å². The van der Waals surface area contributed by atoms with E-state index in [1.807, 2.05) is 76.2 Å². The smallest absolute Gasteiger partial charge is 0.136 e. The molecule has 0 amide bonds. The topological polar surface area (TPSA) is 24.7 Å². The average Bonchev–Trinajstić information content (AvgIpc) is 2.57. The molecule has 0 aliphatic rings. The normalized spacial score (nSPS) is 11.7. The zero-order chi connectivity index (χ0) is 16.5. The van der Waals surface area contributed by atoms with Crippen LogP contribution in [-0.2, 0) is 0 Å². The van der Waals surface area contributed by atoms with Crippen molar-refractivity contribution in [1.29, 1.82) is 0 Å². The van der Waals surface area contributed by atoms with Gasteiger partial charge in [-0.05, 0) is 25.5 Å².